The molecule has 1 fully saturated rings. The fourth-order valence-electron chi connectivity index (χ4n) is 4.45. The lowest BCUT2D eigenvalue weighted by Crippen LogP contribution is -2.51. The number of nitrogens with two attached hydrogens (primary N) is 1. The van der Waals surface area contributed by atoms with Crippen molar-refractivity contribution in [2.45, 2.75) is 124 Å². The molecule has 2 atom stereocenters. The molecule has 3 rings (SSSR count). The van der Waals surface area contributed by atoms with Gasteiger partial charge in [-0.25, -0.2) is 14.8 Å². The maximum absolute atomic E-state index is 12.7. The summed E-state index contributed by atoms with van der Waals surface area (Å²) in [5, 5.41) is 8.82. The Morgan fingerprint density at radius 1 is 0.852 bits per heavy atom. The molecule has 3 heterocycles. The number of carbonyl (C=O) groups is 3. The molecule has 1 aliphatic rings. The molecule has 0 saturated carbocycles. The minimum atomic E-state index is -0.877. The largest absolute Gasteiger partial charge is 0.475 e. The van der Waals surface area contributed by atoms with Gasteiger partial charge in [0, 0.05) is 0 Å². The number of aliphatic hydroxyl groups excluding tert-OH is 1. The zero-order chi connectivity index (χ0) is 41.4. The highest BCUT2D eigenvalue weighted by Gasteiger charge is 2.46. The number of halogens is 2. The molecule has 0 unspecified atom stereocenters. The SMILES string of the molecule is CC(C)(C)OC(=O)Cn1cnc(OC[C@H](N)CO)c(Br)c1=O.CC(C)(C)OC(=O)Cn1cnc(OC[C@H]2COC(C)(C)N2C(=O)OC(C)(C)C)c(Br)c1=O. The summed E-state index contributed by atoms with van der Waals surface area (Å²) >= 11 is 6.27. The van der Waals surface area contributed by atoms with Gasteiger partial charge in [-0.05, 0) is 108 Å². The van der Waals surface area contributed by atoms with Crippen molar-refractivity contribution in [3.63, 3.8) is 0 Å². The second-order valence-corrected chi connectivity index (χ2v) is 17.2. The number of hydrogen-bond acceptors (Lipinski definition) is 15. The van der Waals surface area contributed by atoms with E-state index >= 15 is 0 Å². The van der Waals surface area contributed by atoms with Crippen molar-refractivity contribution in [3.8, 4) is 11.8 Å². The van der Waals surface area contributed by atoms with E-state index in [0.717, 1.165) is 9.13 Å². The molecule has 304 valence electrons. The third kappa shape index (κ3) is 14.9. The summed E-state index contributed by atoms with van der Waals surface area (Å²) in [4.78, 5) is 70.7. The van der Waals surface area contributed by atoms with Crippen LogP contribution >= 0.6 is 31.9 Å². The summed E-state index contributed by atoms with van der Waals surface area (Å²) < 4.78 is 35.0. The number of rotatable bonds is 11. The minimum absolute atomic E-state index is 0.0115. The van der Waals surface area contributed by atoms with Gasteiger partial charge < -0.3 is 39.3 Å². The number of nitrogens with zero attached hydrogens (tertiary/aromatic N) is 5. The van der Waals surface area contributed by atoms with Gasteiger partial charge in [-0.1, -0.05) is 0 Å². The number of ether oxygens (including phenoxy) is 6. The van der Waals surface area contributed by atoms with E-state index in [4.69, 9.17) is 39.3 Å². The Balaban J connectivity index is 0.000000401. The van der Waals surface area contributed by atoms with Crippen molar-refractivity contribution in [2.75, 3.05) is 26.4 Å². The van der Waals surface area contributed by atoms with Crippen LogP contribution in [-0.2, 0) is 41.6 Å². The van der Waals surface area contributed by atoms with E-state index in [-0.39, 0.29) is 60.2 Å². The first-order valence-electron chi connectivity index (χ1n) is 16.9. The quantitative estimate of drug-likeness (QED) is 0.244. The van der Waals surface area contributed by atoms with Crippen LogP contribution in [0.1, 0.15) is 76.2 Å². The van der Waals surface area contributed by atoms with Crippen molar-refractivity contribution in [1.29, 1.82) is 0 Å². The number of aliphatic hydroxyl groups is 1. The van der Waals surface area contributed by atoms with Gasteiger partial charge in [-0.2, -0.15) is 0 Å². The number of amides is 1. The van der Waals surface area contributed by atoms with Crippen LogP contribution in [0.5, 0.6) is 11.8 Å². The Morgan fingerprint density at radius 3 is 1.69 bits per heavy atom. The minimum Gasteiger partial charge on any atom is -0.475 e. The van der Waals surface area contributed by atoms with Crippen molar-refractivity contribution in [1.82, 2.24) is 24.0 Å². The van der Waals surface area contributed by atoms with E-state index in [9.17, 15) is 24.0 Å². The average Bonchev–Trinajstić information content (AvgIpc) is 3.32. The molecule has 0 radical (unpaired) electrons. The van der Waals surface area contributed by atoms with E-state index in [2.05, 4.69) is 41.8 Å². The molecule has 2 aromatic heterocycles. The number of carbonyl (C=O) groups excluding carboxylic acids is 3. The van der Waals surface area contributed by atoms with Crippen molar-refractivity contribution < 1.29 is 47.9 Å². The van der Waals surface area contributed by atoms with Crippen LogP contribution in [0.15, 0.2) is 31.2 Å². The third-order valence-corrected chi connectivity index (χ3v) is 7.94. The van der Waals surface area contributed by atoms with E-state index in [1.54, 1.807) is 76.2 Å². The predicted octanol–water partition coefficient (Wildman–Crippen LogP) is 3.14. The van der Waals surface area contributed by atoms with Gasteiger partial charge in [0.25, 0.3) is 11.1 Å². The van der Waals surface area contributed by atoms with Crippen LogP contribution in [0.25, 0.3) is 0 Å². The molecular weight excluding hydrogens is 844 g/mol. The molecule has 0 aromatic carbocycles. The monoisotopic (exact) mass is 894 g/mol. The van der Waals surface area contributed by atoms with Crippen molar-refractivity contribution >= 4 is 49.9 Å². The zero-order valence-electron chi connectivity index (χ0n) is 32.6. The van der Waals surface area contributed by atoms with E-state index in [1.807, 2.05) is 0 Å². The molecule has 18 nitrogen and oxygen atoms in total. The Hall–Kier alpha value is -3.59. The summed E-state index contributed by atoms with van der Waals surface area (Å²) in [5.41, 5.74) is 1.70. The molecular formula is C34H52Br2N6O12. The molecule has 54 heavy (non-hydrogen) atoms. The first-order valence-corrected chi connectivity index (χ1v) is 18.4. The van der Waals surface area contributed by atoms with Crippen LogP contribution in [0.4, 0.5) is 4.79 Å². The molecule has 20 heteroatoms. The number of hydrogen-bond donors (Lipinski definition) is 2. The molecule has 1 saturated heterocycles. The zero-order valence-corrected chi connectivity index (χ0v) is 35.7. The van der Waals surface area contributed by atoms with Crippen LogP contribution in [0.2, 0.25) is 0 Å². The number of esters is 2. The van der Waals surface area contributed by atoms with Crippen molar-refractivity contribution in [2.24, 2.45) is 5.73 Å². The lowest BCUT2D eigenvalue weighted by atomic mass is 10.2. The molecule has 0 aliphatic carbocycles. The maximum Gasteiger partial charge on any atom is 0.413 e. The standard InChI is InChI=1S/C21H32BrN3O7.C13H20BrN3O5/c1-19(2,3)31-14(26)9-24-12-23-16(15(22)17(24)27)29-10-13-11-30-21(7,8)25(13)18(28)32-20(4,5)6;1-13(2,3)22-9(19)4-17-7-16-11(10(14)12(17)20)21-6-8(15)5-18/h12-13H,9-11H2,1-8H3;7-8,18H,4-6,15H2,1-3H3/t13-;8-/m01/s1. The molecule has 0 spiro atoms. The van der Waals surface area contributed by atoms with Gasteiger partial charge in [-0.15, -0.1) is 0 Å². The molecule has 0 bridgehead atoms. The van der Waals surface area contributed by atoms with Crippen LogP contribution < -0.4 is 26.3 Å². The topological polar surface area (TPSA) is 226 Å². The fraction of sp³-hybridized carbons (Fsp3) is 0.676. The highest BCUT2D eigenvalue weighted by molar-refractivity contribution is 9.10. The Bertz CT molecular complexity index is 1740. The van der Waals surface area contributed by atoms with Crippen LogP contribution in [-0.4, -0.2) is 108 Å². The Labute approximate surface area is 330 Å². The summed E-state index contributed by atoms with van der Waals surface area (Å²) in [6.45, 7) is 18.8. The highest BCUT2D eigenvalue weighted by atomic mass is 79.9. The van der Waals surface area contributed by atoms with Gasteiger partial charge in [0.1, 0.15) is 70.4 Å². The molecule has 1 amide bonds. The second-order valence-electron chi connectivity index (χ2n) is 15.6. The number of aromatic nitrogens is 4. The third-order valence-electron chi connectivity index (χ3n) is 6.59. The summed E-state index contributed by atoms with van der Waals surface area (Å²) in [5.74, 6) is -1.00. The summed E-state index contributed by atoms with van der Waals surface area (Å²) in [7, 11) is 0. The van der Waals surface area contributed by atoms with Gasteiger partial charge in [-0.3, -0.25) is 33.2 Å². The first kappa shape index (κ1) is 46.6. The normalized spacial score (nSPS) is 16.1. The van der Waals surface area contributed by atoms with Crippen LogP contribution in [0.3, 0.4) is 0 Å². The maximum atomic E-state index is 12.7. The van der Waals surface area contributed by atoms with E-state index in [1.165, 1.54) is 17.6 Å². The highest BCUT2D eigenvalue weighted by Crippen LogP contribution is 2.30. The van der Waals surface area contributed by atoms with Gasteiger partial charge in [0.15, 0.2) is 0 Å². The Kier molecular flexibility index (Phi) is 16.2. The summed E-state index contributed by atoms with van der Waals surface area (Å²) in [6.07, 6.45) is 1.89. The first-order chi connectivity index (χ1) is 24.6. The van der Waals surface area contributed by atoms with Gasteiger partial charge in [0.2, 0.25) is 11.8 Å². The lowest BCUT2D eigenvalue weighted by molar-refractivity contribution is -0.156. The fourth-order valence-corrected chi connectivity index (χ4v) is 5.34. The van der Waals surface area contributed by atoms with E-state index in [0.29, 0.717) is 0 Å². The van der Waals surface area contributed by atoms with E-state index < -0.39 is 63.8 Å². The molecule has 3 N–H and O–H groups in total. The smallest absolute Gasteiger partial charge is 0.413 e. The van der Waals surface area contributed by atoms with Crippen LogP contribution in [0, 0.1) is 0 Å². The van der Waals surface area contributed by atoms with Gasteiger partial charge in [0.05, 0.1) is 25.3 Å². The van der Waals surface area contributed by atoms with Gasteiger partial charge >= 0.3 is 18.0 Å². The predicted molar refractivity (Wildman–Crippen MR) is 202 cm³/mol. The Morgan fingerprint density at radius 2 is 1.28 bits per heavy atom. The summed E-state index contributed by atoms with van der Waals surface area (Å²) in [6, 6.07) is -1.02. The average molecular weight is 897 g/mol. The molecule has 2 aromatic rings. The molecule has 1 aliphatic heterocycles. The second kappa shape index (κ2) is 18.8. The lowest BCUT2D eigenvalue weighted by Gasteiger charge is -2.34. The van der Waals surface area contributed by atoms with Crippen molar-refractivity contribution in [3.05, 3.63) is 42.3 Å².